The van der Waals surface area contributed by atoms with Crippen molar-refractivity contribution in [2.24, 2.45) is 0 Å². The summed E-state index contributed by atoms with van der Waals surface area (Å²) in [6, 6.07) is 16.4. The Kier molecular flexibility index (Phi) is 4.83. The van der Waals surface area contributed by atoms with E-state index < -0.39 is 0 Å². The molecule has 1 N–H and O–H groups in total. The van der Waals surface area contributed by atoms with Gasteiger partial charge in [-0.2, -0.15) is 0 Å². The Morgan fingerprint density at radius 1 is 0.958 bits per heavy atom. The molecule has 0 saturated carbocycles. The molecule has 2 aromatic rings. The molecule has 1 aliphatic rings. The molecule has 0 bridgehead atoms. The van der Waals surface area contributed by atoms with Crippen molar-refractivity contribution in [2.75, 3.05) is 17.3 Å². The van der Waals surface area contributed by atoms with Gasteiger partial charge in [0.2, 0.25) is 0 Å². The summed E-state index contributed by atoms with van der Waals surface area (Å²) in [6.45, 7) is 1.92. The molecule has 0 radical (unpaired) electrons. The molecule has 0 aromatic heterocycles. The maximum absolute atomic E-state index is 12.9. The third-order valence-corrected chi connectivity index (χ3v) is 4.79. The van der Waals surface area contributed by atoms with Crippen LogP contribution in [-0.4, -0.2) is 29.3 Å². The van der Waals surface area contributed by atoms with Gasteiger partial charge in [-0.3, -0.25) is 9.59 Å². The van der Waals surface area contributed by atoms with E-state index in [0.717, 1.165) is 11.1 Å². The number of benzene rings is 2. The Balaban J connectivity index is 2.06. The lowest BCUT2D eigenvalue weighted by Gasteiger charge is -2.14. The minimum Gasteiger partial charge on any atom is -0.396 e. The van der Waals surface area contributed by atoms with E-state index >= 15 is 0 Å². The average Bonchev–Trinajstić information content (AvgIpc) is 2.85. The van der Waals surface area contributed by atoms with Gasteiger partial charge < -0.3 is 5.11 Å². The Morgan fingerprint density at radius 2 is 1.62 bits per heavy atom. The molecule has 3 rings (SSSR count). The second-order valence-electron chi connectivity index (χ2n) is 5.42. The first-order valence-corrected chi connectivity index (χ1v) is 8.61. The fourth-order valence-electron chi connectivity index (χ4n) is 2.58. The first kappa shape index (κ1) is 16.5. The van der Waals surface area contributed by atoms with E-state index in [9.17, 15) is 9.59 Å². The first-order chi connectivity index (χ1) is 11.6. The van der Waals surface area contributed by atoms with Crippen molar-refractivity contribution in [2.45, 2.75) is 6.92 Å². The summed E-state index contributed by atoms with van der Waals surface area (Å²) in [4.78, 5) is 27.4. The summed E-state index contributed by atoms with van der Waals surface area (Å²) in [5.74, 6) is -0.289. The number of carbonyl (C=O) groups excluding carboxylic acids is 2. The van der Waals surface area contributed by atoms with E-state index in [1.807, 2.05) is 37.3 Å². The third-order valence-electron chi connectivity index (χ3n) is 3.73. The van der Waals surface area contributed by atoms with Crippen molar-refractivity contribution in [1.29, 1.82) is 0 Å². The zero-order valence-corrected chi connectivity index (χ0v) is 14.0. The SMILES string of the molecule is Cc1ccc(C2=C(SCCO)C(=O)N(c3ccccc3)C2=O)cc1. The van der Waals surface area contributed by atoms with Gasteiger partial charge in [-0.05, 0) is 24.6 Å². The van der Waals surface area contributed by atoms with Crippen molar-refractivity contribution >= 4 is 34.8 Å². The van der Waals surface area contributed by atoms with Gasteiger partial charge in [-0.25, -0.2) is 4.90 Å². The predicted molar refractivity (Wildman–Crippen MR) is 96.6 cm³/mol. The highest BCUT2D eigenvalue weighted by atomic mass is 32.2. The molecule has 122 valence electrons. The zero-order chi connectivity index (χ0) is 17.1. The van der Waals surface area contributed by atoms with E-state index in [0.29, 0.717) is 21.9 Å². The number of rotatable bonds is 5. The second kappa shape index (κ2) is 7.03. The summed E-state index contributed by atoms with van der Waals surface area (Å²) in [6.07, 6.45) is 0. The number of hydrogen-bond donors (Lipinski definition) is 1. The molecule has 0 atom stereocenters. The number of aliphatic hydroxyl groups is 1. The lowest BCUT2D eigenvalue weighted by atomic mass is 10.0. The highest BCUT2D eigenvalue weighted by Gasteiger charge is 2.39. The number of anilines is 1. The third kappa shape index (κ3) is 3.00. The molecule has 0 saturated heterocycles. The van der Waals surface area contributed by atoms with Gasteiger partial charge >= 0.3 is 0 Å². The second-order valence-corrected chi connectivity index (χ2v) is 6.53. The smallest absolute Gasteiger partial charge is 0.272 e. The molecule has 0 unspecified atom stereocenters. The van der Waals surface area contributed by atoms with Crippen molar-refractivity contribution in [3.05, 3.63) is 70.6 Å². The summed E-state index contributed by atoms with van der Waals surface area (Å²) < 4.78 is 0. The lowest BCUT2D eigenvalue weighted by molar-refractivity contribution is -0.119. The number of para-hydroxylation sites is 1. The highest BCUT2D eigenvalue weighted by Crippen LogP contribution is 2.38. The summed E-state index contributed by atoms with van der Waals surface area (Å²) in [5.41, 5.74) is 2.76. The molecule has 0 spiro atoms. The van der Waals surface area contributed by atoms with Crippen LogP contribution in [0.15, 0.2) is 59.5 Å². The Bertz CT molecular complexity index is 797. The summed E-state index contributed by atoms with van der Waals surface area (Å²) in [5, 5.41) is 9.10. The number of thioether (sulfide) groups is 1. The van der Waals surface area contributed by atoms with Crippen LogP contribution in [-0.2, 0) is 9.59 Å². The molecule has 0 fully saturated rings. The van der Waals surface area contributed by atoms with E-state index in [4.69, 9.17) is 5.11 Å². The number of aliphatic hydroxyl groups excluding tert-OH is 1. The predicted octanol–water partition coefficient (Wildman–Crippen LogP) is 3.01. The van der Waals surface area contributed by atoms with Gasteiger partial charge in [-0.15, -0.1) is 11.8 Å². The van der Waals surface area contributed by atoms with Crippen LogP contribution in [0, 0.1) is 6.92 Å². The monoisotopic (exact) mass is 339 g/mol. The van der Waals surface area contributed by atoms with Crippen LogP contribution in [0.5, 0.6) is 0 Å². The van der Waals surface area contributed by atoms with E-state index in [2.05, 4.69) is 0 Å². The van der Waals surface area contributed by atoms with Crippen LogP contribution in [0.1, 0.15) is 11.1 Å². The van der Waals surface area contributed by atoms with Gasteiger partial charge in [0.1, 0.15) is 0 Å². The maximum Gasteiger partial charge on any atom is 0.272 e. The molecular formula is C19H17NO3S. The van der Waals surface area contributed by atoms with Crippen molar-refractivity contribution < 1.29 is 14.7 Å². The Labute approximate surface area is 144 Å². The molecule has 4 nitrogen and oxygen atoms in total. The van der Waals surface area contributed by atoms with Gasteiger partial charge in [-0.1, -0.05) is 48.0 Å². The van der Waals surface area contributed by atoms with Gasteiger partial charge in [0.15, 0.2) is 0 Å². The van der Waals surface area contributed by atoms with Crippen molar-refractivity contribution in [1.82, 2.24) is 0 Å². The van der Waals surface area contributed by atoms with Crippen LogP contribution >= 0.6 is 11.8 Å². The quantitative estimate of drug-likeness (QED) is 0.851. The standard InChI is InChI=1S/C19H17NO3S/c1-13-7-9-14(10-8-13)16-17(24-12-11-21)19(23)20(18(16)22)15-5-3-2-4-6-15/h2-10,21H,11-12H2,1H3. The Morgan fingerprint density at radius 3 is 2.25 bits per heavy atom. The van der Waals surface area contributed by atoms with Crippen molar-refractivity contribution in [3.63, 3.8) is 0 Å². The van der Waals surface area contributed by atoms with Crippen LogP contribution in [0.3, 0.4) is 0 Å². The molecule has 2 amide bonds. The van der Waals surface area contributed by atoms with Gasteiger partial charge in [0, 0.05) is 5.75 Å². The fraction of sp³-hybridized carbons (Fsp3) is 0.158. The minimum absolute atomic E-state index is 0.0534. The molecule has 1 aliphatic heterocycles. The van der Waals surface area contributed by atoms with E-state index in [1.165, 1.54) is 16.7 Å². The maximum atomic E-state index is 12.9. The summed E-state index contributed by atoms with van der Waals surface area (Å²) in [7, 11) is 0. The number of amides is 2. The number of hydrogen-bond acceptors (Lipinski definition) is 4. The van der Waals surface area contributed by atoms with E-state index in [-0.39, 0.29) is 18.4 Å². The average molecular weight is 339 g/mol. The van der Waals surface area contributed by atoms with Crippen LogP contribution in [0.4, 0.5) is 5.69 Å². The molecule has 5 heteroatoms. The molecule has 2 aromatic carbocycles. The number of aryl methyl sites for hydroxylation is 1. The van der Waals surface area contributed by atoms with Crippen LogP contribution in [0.25, 0.3) is 5.57 Å². The minimum atomic E-state index is -0.333. The number of nitrogens with zero attached hydrogens (tertiary/aromatic N) is 1. The van der Waals surface area contributed by atoms with Crippen LogP contribution < -0.4 is 4.90 Å². The van der Waals surface area contributed by atoms with E-state index in [1.54, 1.807) is 24.3 Å². The fourth-order valence-corrected chi connectivity index (χ4v) is 3.44. The molecular weight excluding hydrogens is 322 g/mol. The first-order valence-electron chi connectivity index (χ1n) is 7.62. The normalized spacial score (nSPS) is 14.7. The largest absolute Gasteiger partial charge is 0.396 e. The Hall–Kier alpha value is -2.37. The highest BCUT2D eigenvalue weighted by molar-refractivity contribution is 8.04. The molecule has 24 heavy (non-hydrogen) atoms. The topological polar surface area (TPSA) is 57.6 Å². The number of imide groups is 1. The summed E-state index contributed by atoms with van der Waals surface area (Å²) >= 11 is 1.22. The van der Waals surface area contributed by atoms with Gasteiger partial charge in [0.25, 0.3) is 11.8 Å². The van der Waals surface area contributed by atoms with Crippen molar-refractivity contribution in [3.8, 4) is 0 Å². The zero-order valence-electron chi connectivity index (χ0n) is 13.2. The number of carbonyl (C=O) groups is 2. The van der Waals surface area contributed by atoms with Crippen LogP contribution in [0.2, 0.25) is 0 Å². The molecule has 0 aliphatic carbocycles. The van der Waals surface area contributed by atoms with Gasteiger partial charge in [0.05, 0.1) is 22.8 Å². The lowest BCUT2D eigenvalue weighted by Crippen LogP contribution is -2.31. The molecule has 1 heterocycles.